The lowest BCUT2D eigenvalue weighted by Gasteiger charge is -2.40. The van der Waals surface area contributed by atoms with Crippen LogP contribution in [0.4, 0.5) is 4.79 Å². The Labute approximate surface area is 166 Å². The second-order valence-corrected chi connectivity index (χ2v) is 8.47. The third-order valence-corrected chi connectivity index (χ3v) is 4.92. The third-order valence-electron chi connectivity index (χ3n) is 4.92. The molecule has 1 aromatic rings. The lowest BCUT2D eigenvalue weighted by Crippen LogP contribution is -2.63. The summed E-state index contributed by atoms with van der Waals surface area (Å²) in [7, 11) is 1.75. The van der Waals surface area contributed by atoms with Crippen LogP contribution in [0.5, 0.6) is 0 Å². The van der Waals surface area contributed by atoms with E-state index < -0.39 is 5.60 Å². The minimum absolute atomic E-state index is 0.183. The van der Waals surface area contributed by atoms with Gasteiger partial charge in [-0.15, -0.1) is 10.2 Å². The Balaban J connectivity index is 1.39. The number of hydrogen-bond acceptors (Lipinski definition) is 5. The first kappa shape index (κ1) is 20.4. The fourth-order valence-corrected chi connectivity index (χ4v) is 3.46. The van der Waals surface area contributed by atoms with Crippen molar-refractivity contribution in [1.82, 2.24) is 30.3 Å². The summed E-state index contributed by atoms with van der Waals surface area (Å²) in [5.41, 5.74) is -0.465. The number of aliphatic imine (C=N–C) groups is 1. The molecule has 3 rings (SSSR count). The number of rotatable bonds is 4. The maximum Gasteiger partial charge on any atom is 0.410 e. The maximum atomic E-state index is 12.0. The molecule has 3 heterocycles. The summed E-state index contributed by atoms with van der Waals surface area (Å²) in [6, 6.07) is 0.183. The van der Waals surface area contributed by atoms with Crippen LogP contribution in [0.3, 0.4) is 0 Å². The molecule has 0 radical (unpaired) electrons. The van der Waals surface area contributed by atoms with Crippen LogP contribution in [0, 0.1) is 0 Å². The standard InChI is InChI=1S/C19H33N7O2/c1-19(2,3)28-18(27)25-12-14(13-25)22-17(20-4)21-10-9-16-24-23-15-8-6-5-7-11-26(15)16/h14H,5-13H2,1-4H3,(H2,20,21,22). The number of guanidine groups is 1. The third kappa shape index (κ3) is 5.36. The van der Waals surface area contributed by atoms with Gasteiger partial charge < -0.3 is 24.8 Å². The number of carbonyl (C=O) groups is 1. The maximum absolute atomic E-state index is 12.0. The number of hydrogen-bond donors (Lipinski definition) is 2. The molecule has 0 saturated carbocycles. The first-order valence-electron chi connectivity index (χ1n) is 10.2. The average Bonchev–Trinajstić information content (AvgIpc) is 2.81. The first-order valence-corrected chi connectivity index (χ1v) is 10.2. The van der Waals surface area contributed by atoms with Crippen LogP contribution in [0.1, 0.15) is 51.7 Å². The summed E-state index contributed by atoms with van der Waals surface area (Å²) in [5.74, 6) is 2.90. The van der Waals surface area contributed by atoms with E-state index in [9.17, 15) is 4.79 Å². The molecule has 2 N–H and O–H groups in total. The predicted octanol–water partition coefficient (Wildman–Crippen LogP) is 1.33. The van der Waals surface area contributed by atoms with Crippen molar-refractivity contribution in [2.45, 2.75) is 71.1 Å². The van der Waals surface area contributed by atoms with Gasteiger partial charge in [-0.2, -0.15) is 0 Å². The largest absolute Gasteiger partial charge is 0.444 e. The zero-order valence-electron chi connectivity index (χ0n) is 17.5. The normalized spacial score (nSPS) is 18.1. The lowest BCUT2D eigenvalue weighted by atomic mass is 10.1. The van der Waals surface area contributed by atoms with Gasteiger partial charge in [-0.3, -0.25) is 4.99 Å². The summed E-state index contributed by atoms with van der Waals surface area (Å²) in [4.78, 5) is 18.0. The summed E-state index contributed by atoms with van der Waals surface area (Å²) < 4.78 is 7.65. The Hall–Kier alpha value is -2.32. The molecule has 28 heavy (non-hydrogen) atoms. The molecule has 1 aromatic heterocycles. The van der Waals surface area contributed by atoms with Crippen molar-refractivity contribution in [2.75, 3.05) is 26.7 Å². The van der Waals surface area contributed by atoms with Gasteiger partial charge in [-0.25, -0.2) is 4.79 Å². The molecule has 156 valence electrons. The van der Waals surface area contributed by atoms with Gasteiger partial charge in [0.05, 0.1) is 6.04 Å². The van der Waals surface area contributed by atoms with Gasteiger partial charge in [-0.05, 0) is 33.6 Å². The summed E-state index contributed by atoms with van der Waals surface area (Å²) in [6.07, 6.45) is 5.24. The van der Waals surface area contributed by atoms with E-state index in [1.54, 1.807) is 11.9 Å². The molecular formula is C19H33N7O2. The molecule has 1 saturated heterocycles. The molecule has 0 aromatic carbocycles. The predicted molar refractivity (Wildman–Crippen MR) is 107 cm³/mol. The van der Waals surface area contributed by atoms with Crippen molar-refractivity contribution in [1.29, 1.82) is 0 Å². The molecule has 0 unspecified atom stereocenters. The fourth-order valence-electron chi connectivity index (χ4n) is 3.46. The molecule has 2 aliphatic rings. The van der Waals surface area contributed by atoms with Crippen molar-refractivity contribution < 1.29 is 9.53 Å². The van der Waals surface area contributed by atoms with E-state index in [2.05, 4.69) is 30.4 Å². The van der Waals surface area contributed by atoms with E-state index in [0.29, 0.717) is 13.1 Å². The Morgan fingerprint density at radius 3 is 2.75 bits per heavy atom. The molecule has 0 bridgehead atoms. The summed E-state index contributed by atoms with van der Waals surface area (Å²) >= 11 is 0. The Kier molecular flexibility index (Phi) is 6.41. The van der Waals surface area contributed by atoms with Crippen molar-refractivity contribution in [3.63, 3.8) is 0 Å². The number of fused-ring (bicyclic) bond motifs is 1. The highest BCUT2D eigenvalue weighted by molar-refractivity contribution is 5.80. The van der Waals surface area contributed by atoms with Crippen LogP contribution in [0.15, 0.2) is 4.99 Å². The van der Waals surface area contributed by atoms with Crippen molar-refractivity contribution in [3.8, 4) is 0 Å². The zero-order valence-corrected chi connectivity index (χ0v) is 17.5. The molecule has 1 amide bonds. The van der Waals surface area contributed by atoms with Gasteiger partial charge in [0, 0.05) is 46.1 Å². The molecular weight excluding hydrogens is 358 g/mol. The smallest absolute Gasteiger partial charge is 0.410 e. The minimum atomic E-state index is -0.465. The van der Waals surface area contributed by atoms with E-state index in [1.165, 1.54) is 19.3 Å². The van der Waals surface area contributed by atoms with Crippen LogP contribution >= 0.6 is 0 Å². The number of nitrogens with one attached hydrogen (secondary N) is 2. The zero-order chi connectivity index (χ0) is 20.1. The van der Waals surface area contributed by atoms with Gasteiger partial charge in [-0.1, -0.05) is 6.42 Å². The van der Waals surface area contributed by atoms with Gasteiger partial charge in [0.2, 0.25) is 0 Å². The molecule has 1 fully saturated rings. The van der Waals surface area contributed by atoms with E-state index >= 15 is 0 Å². The van der Waals surface area contributed by atoms with E-state index in [1.807, 2.05) is 20.8 Å². The number of aryl methyl sites for hydroxylation is 1. The monoisotopic (exact) mass is 391 g/mol. The average molecular weight is 392 g/mol. The highest BCUT2D eigenvalue weighted by Gasteiger charge is 2.34. The summed E-state index contributed by atoms with van der Waals surface area (Å²) in [6.45, 7) is 8.62. The number of carbonyl (C=O) groups excluding carboxylic acids is 1. The minimum Gasteiger partial charge on any atom is -0.444 e. The second kappa shape index (κ2) is 8.79. The molecule has 9 nitrogen and oxygen atoms in total. The number of likely N-dealkylation sites (tertiary alicyclic amines) is 1. The van der Waals surface area contributed by atoms with Crippen LogP contribution in [0.25, 0.3) is 0 Å². The fraction of sp³-hybridized carbons (Fsp3) is 0.789. The highest BCUT2D eigenvalue weighted by Crippen LogP contribution is 2.16. The molecule has 0 aliphatic carbocycles. The Morgan fingerprint density at radius 1 is 1.25 bits per heavy atom. The first-order chi connectivity index (χ1) is 13.4. The van der Waals surface area contributed by atoms with E-state index in [-0.39, 0.29) is 12.1 Å². The SMILES string of the molecule is CN=C(NCCc1nnc2n1CCCCC2)NC1CN(C(=O)OC(C)(C)C)C1. The van der Waals surface area contributed by atoms with Gasteiger partial charge in [0.25, 0.3) is 0 Å². The second-order valence-electron chi connectivity index (χ2n) is 8.47. The van der Waals surface area contributed by atoms with Crippen molar-refractivity contribution >= 4 is 12.1 Å². The molecule has 9 heteroatoms. The van der Waals surface area contributed by atoms with Crippen LogP contribution in [0.2, 0.25) is 0 Å². The number of nitrogens with zero attached hydrogens (tertiary/aromatic N) is 5. The van der Waals surface area contributed by atoms with Crippen molar-refractivity contribution in [2.24, 2.45) is 4.99 Å². The van der Waals surface area contributed by atoms with Crippen LogP contribution in [-0.2, 0) is 24.1 Å². The van der Waals surface area contributed by atoms with Crippen LogP contribution < -0.4 is 10.6 Å². The number of amides is 1. The summed E-state index contributed by atoms with van der Waals surface area (Å²) in [5, 5.41) is 15.4. The van der Waals surface area contributed by atoms with Crippen molar-refractivity contribution in [3.05, 3.63) is 11.6 Å². The number of ether oxygens (including phenoxy) is 1. The van der Waals surface area contributed by atoms with Gasteiger partial charge >= 0.3 is 6.09 Å². The highest BCUT2D eigenvalue weighted by atomic mass is 16.6. The van der Waals surface area contributed by atoms with Gasteiger partial charge in [0.15, 0.2) is 5.96 Å². The Bertz CT molecular complexity index is 702. The molecule has 2 aliphatic heterocycles. The molecule has 0 atom stereocenters. The van der Waals surface area contributed by atoms with E-state index in [0.717, 1.165) is 43.5 Å². The lowest BCUT2D eigenvalue weighted by molar-refractivity contribution is 0.00701. The quantitative estimate of drug-likeness (QED) is 0.594. The van der Waals surface area contributed by atoms with Crippen LogP contribution in [-0.4, -0.2) is 70.0 Å². The topological polar surface area (TPSA) is 96.7 Å². The van der Waals surface area contributed by atoms with E-state index in [4.69, 9.17) is 4.74 Å². The molecule has 0 spiro atoms. The van der Waals surface area contributed by atoms with Gasteiger partial charge in [0.1, 0.15) is 17.2 Å². The number of aromatic nitrogens is 3. The Morgan fingerprint density at radius 2 is 2.04 bits per heavy atom.